The molecule has 0 unspecified atom stereocenters. The Morgan fingerprint density at radius 2 is 2.05 bits per heavy atom. The fourth-order valence-electron chi connectivity index (χ4n) is 2.26. The summed E-state index contributed by atoms with van der Waals surface area (Å²) in [6, 6.07) is 0.440. The number of carbonyl (C=O) groups is 2. The Morgan fingerprint density at radius 3 is 2.68 bits per heavy atom. The number of nitrogens with one attached hydrogen (secondary N) is 2. The normalized spacial score (nSPS) is 27.3. The van der Waals surface area contributed by atoms with Crippen LogP contribution in [0.3, 0.4) is 0 Å². The van der Waals surface area contributed by atoms with Crippen LogP contribution in [0.25, 0.3) is 0 Å². The van der Waals surface area contributed by atoms with Gasteiger partial charge in [0.1, 0.15) is 0 Å². The van der Waals surface area contributed by atoms with Gasteiger partial charge in [0, 0.05) is 34.2 Å². The Kier molecular flexibility index (Phi) is 9.19. The third-order valence-electron chi connectivity index (χ3n) is 3.07. The standard InChI is InChI=1S/C10H16N2O3S.Co.H3NO/c13-8(14)4-2-1-3-7-9-6(5-16-7)11-10(15)12-9;;1-2/h6-7,9H,1-5H2,(H,13,14)(H2,11,12,15);;2H,1H2/t6-,7-,9-;;/m1../s1. The largest absolute Gasteiger partial charge is 0.481 e. The van der Waals surface area contributed by atoms with Gasteiger partial charge < -0.3 is 20.9 Å². The van der Waals surface area contributed by atoms with Gasteiger partial charge in [-0.3, -0.25) is 4.79 Å². The maximum Gasteiger partial charge on any atom is 0.315 e. The minimum absolute atomic E-state index is 0. The van der Waals surface area contributed by atoms with Crippen molar-refractivity contribution in [3.63, 3.8) is 0 Å². The van der Waals surface area contributed by atoms with E-state index < -0.39 is 5.97 Å². The summed E-state index contributed by atoms with van der Waals surface area (Å²) in [6.45, 7) is 0. The van der Waals surface area contributed by atoms with Gasteiger partial charge in [-0.05, 0) is 12.8 Å². The summed E-state index contributed by atoms with van der Waals surface area (Å²) in [5.41, 5.74) is 0. The quantitative estimate of drug-likeness (QED) is 0.276. The number of hydrogen-bond acceptors (Lipinski definition) is 5. The average Bonchev–Trinajstić information content (AvgIpc) is 2.87. The number of urea groups is 1. The van der Waals surface area contributed by atoms with Crippen LogP contribution in [-0.4, -0.2) is 45.4 Å². The topological polar surface area (TPSA) is 125 Å². The van der Waals surface area contributed by atoms with E-state index >= 15 is 0 Å². The molecule has 0 aliphatic carbocycles. The number of rotatable bonds is 5. The molecule has 2 rings (SSSR count). The molecule has 113 valence electrons. The van der Waals surface area contributed by atoms with Crippen LogP contribution in [0.15, 0.2) is 0 Å². The first-order valence-corrected chi connectivity index (χ1v) is 6.88. The monoisotopic (exact) mass is 336 g/mol. The van der Waals surface area contributed by atoms with E-state index in [1.807, 2.05) is 11.8 Å². The van der Waals surface area contributed by atoms with Crippen molar-refractivity contribution in [2.24, 2.45) is 5.90 Å². The number of amides is 2. The van der Waals surface area contributed by atoms with Gasteiger partial charge in [-0.25, -0.2) is 10.7 Å². The first-order valence-electron chi connectivity index (χ1n) is 5.83. The molecule has 0 saturated carbocycles. The second-order valence-electron chi connectivity index (χ2n) is 4.26. The van der Waals surface area contributed by atoms with E-state index in [-0.39, 0.29) is 41.3 Å². The maximum atomic E-state index is 11.1. The zero-order chi connectivity index (χ0) is 13.5. The summed E-state index contributed by atoms with van der Waals surface area (Å²) in [5, 5.41) is 21.3. The number of carboxylic acids is 1. The van der Waals surface area contributed by atoms with Crippen LogP contribution in [0.4, 0.5) is 4.79 Å². The molecule has 6 N–H and O–H groups in total. The summed E-state index contributed by atoms with van der Waals surface area (Å²) >= 11 is 1.87. The fraction of sp³-hybridized carbons (Fsp3) is 0.800. The van der Waals surface area contributed by atoms with Crippen LogP contribution in [0.1, 0.15) is 25.7 Å². The van der Waals surface area contributed by atoms with Gasteiger partial charge in [-0.1, -0.05) is 6.42 Å². The molecule has 2 heterocycles. The molecule has 3 atom stereocenters. The smallest absolute Gasteiger partial charge is 0.315 e. The van der Waals surface area contributed by atoms with E-state index in [4.69, 9.17) is 10.3 Å². The second kappa shape index (κ2) is 9.42. The van der Waals surface area contributed by atoms with Crippen molar-refractivity contribution in [1.82, 2.24) is 10.6 Å². The molecule has 0 aromatic heterocycles. The summed E-state index contributed by atoms with van der Waals surface area (Å²) in [4.78, 5) is 21.5. The molecule has 2 saturated heterocycles. The Morgan fingerprint density at radius 1 is 1.37 bits per heavy atom. The van der Waals surface area contributed by atoms with Crippen LogP contribution in [0.5, 0.6) is 0 Å². The van der Waals surface area contributed by atoms with Gasteiger partial charge in [-0.2, -0.15) is 11.8 Å². The second-order valence-corrected chi connectivity index (χ2v) is 5.53. The molecule has 0 aromatic rings. The van der Waals surface area contributed by atoms with E-state index in [1.54, 1.807) is 0 Å². The van der Waals surface area contributed by atoms with Gasteiger partial charge in [0.2, 0.25) is 0 Å². The molecule has 1 radical (unpaired) electrons. The number of fused-ring (bicyclic) bond motifs is 1. The van der Waals surface area contributed by atoms with Crippen LogP contribution in [0.2, 0.25) is 0 Å². The SMILES string of the molecule is NO.O=C(O)CCCC[C@H]1SC[C@H]2NC(=O)N[C@H]21.[Co]. The number of carbonyl (C=O) groups excluding carboxylic acids is 1. The predicted octanol–water partition coefficient (Wildman–Crippen LogP) is 0.129. The number of thioether (sulfide) groups is 1. The van der Waals surface area contributed by atoms with Crippen molar-refractivity contribution >= 4 is 23.8 Å². The Balaban J connectivity index is 0.00000103. The molecule has 2 amide bonds. The molecule has 19 heavy (non-hydrogen) atoms. The zero-order valence-corrected chi connectivity index (χ0v) is 12.2. The molecule has 0 spiro atoms. The van der Waals surface area contributed by atoms with Crippen molar-refractivity contribution in [2.75, 3.05) is 5.75 Å². The average molecular weight is 336 g/mol. The van der Waals surface area contributed by atoms with Gasteiger partial charge in [0.15, 0.2) is 0 Å². The molecule has 2 fully saturated rings. The van der Waals surface area contributed by atoms with E-state index in [0.29, 0.717) is 5.25 Å². The minimum Gasteiger partial charge on any atom is -0.481 e. The maximum absolute atomic E-state index is 11.1. The van der Waals surface area contributed by atoms with Crippen molar-refractivity contribution in [3.05, 3.63) is 0 Å². The van der Waals surface area contributed by atoms with Crippen LogP contribution in [0, 0.1) is 0 Å². The van der Waals surface area contributed by atoms with Crippen molar-refractivity contribution < 1.29 is 36.7 Å². The third kappa shape index (κ3) is 5.57. The molecule has 0 aromatic carbocycles. The Bertz CT molecular complexity index is 308. The minimum atomic E-state index is -0.729. The van der Waals surface area contributed by atoms with E-state index in [1.165, 1.54) is 0 Å². The number of unbranched alkanes of at least 4 members (excludes halogenated alkanes) is 1. The predicted molar refractivity (Wildman–Crippen MR) is 67.6 cm³/mol. The van der Waals surface area contributed by atoms with E-state index in [2.05, 4.69) is 16.5 Å². The molecule has 7 nitrogen and oxygen atoms in total. The zero-order valence-electron chi connectivity index (χ0n) is 10.3. The fourth-order valence-corrected chi connectivity index (χ4v) is 3.81. The van der Waals surface area contributed by atoms with Crippen LogP contribution in [-0.2, 0) is 21.6 Å². The summed E-state index contributed by atoms with van der Waals surface area (Å²) in [5.74, 6) is 3.74. The molecule has 2 aliphatic rings. The molecule has 2 aliphatic heterocycles. The van der Waals surface area contributed by atoms with Crippen LogP contribution < -0.4 is 16.5 Å². The van der Waals surface area contributed by atoms with Crippen molar-refractivity contribution in [2.45, 2.75) is 43.0 Å². The molecular weight excluding hydrogens is 317 g/mol. The summed E-state index contributed by atoms with van der Waals surface area (Å²) in [6.07, 6.45) is 2.88. The number of nitrogens with two attached hydrogens (primary N) is 1. The molecule has 0 bridgehead atoms. The van der Waals surface area contributed by atoms with Gasteiger partial charge in [0.25, 0.3) is 0 Å². The number of aliphatic carboxylic acids is 1. The van der Waals surface area contributed by atoms with Gasteiger partial charge in [0.05, 0.1) is 12.1 Å². The first kappa shape index (κ1) is 18.5. The van der Waals surface area contributed by atoms with Gasteiger partial charge >= 0.3 is 12.0 Å². The molecular formula is C10H19CoN3O4S. The van der Waals surface area contributed by atoms with Gasteiger partial charge in [-0.15, -0.1) is 0 Å². The first-order chi connectivity index (χ1) is 8.66. The summed E-state index contributed by atoms with van der Waals surface area (Å²) in [7, 11) is 0. The van der Waals surface area contributed by atoms with E-state index in [9.17, 15) is 9.59 Å². The Labute approximate surface area is 126 Å². The van der Waals surface area contributed by atoms with Crippen LogP contribution >= 0.6 is 11.8 Å². The molecule has 9 heteroatoms. The Hall–Kier alpha value is -0.484. The number of carboxylic acid groups (broad SMARTS) is 1. The van der Waals surface area contributed by atoms with Crippen molar-refractivity contribution in [3.8, 4) is 0 Å². The summed E-state index contributed by atoms with van der Waals surface area (Å²) < 4.78 is 0. The number of hydrogen-bond donors (Lipinski definition) is 5. The van der Waals surface area contributed by atoms with E-state index in [0.717, 1.165) is 25.0 Å². The third-order valence-corrected chi connectivity index (χ3v) is 4.58. The van der Waals surface area contributed by atoms with Crippen molar-refractivity contribution in [1.29, 1.82) is 0 Å².